The van der Waals surface area contributed by atoms with E-state index in [-0.39, 0.29) is 6.09 Å². The van der Waals surface area contributed by atoms with Crippen molar-refractivity contribution in [1.29, 1.82) is 0 Å². The summed E-state index contributed by atoms with van der Waals surface area (Å²) in [4.78, 5) is 14.0. The van der Waals surface area contributed by atoms with E-state index in [1.54, 1.807) is 4.90 Å². The van der Waals surface area contributed by atoms with E-state index in [2.05, 4.69) is 6.07 Å². The number of nitrogens with zero attached hydrogens (tertiary/aromatic N) is 1. The summed E-state index contributed by atoms with van der Waals surface area (Å²) in [6, 6.07) is 6.13. The highest BCUT2D eigenvalue weighted by Gasteiger charge is 2.27. The largest absolute Gasteiger partial charge is 0.443 e. The highest BCUT2D eigenvalue weighted by molar-refractivity contribution is 5.89. The fourth-order valence-corrected chi connectivity index (χ4v) is 2.43. The number of carbonyl (C=O) groups is 1. The number of hydrogen-bond acceptors (Lipinski definition) is 3. The average Bonchev–Trinajstić information content (AvgIpc) is 2.42. The molecule has 0 saturated carbocycles. The quantitative estimate of drug-likeness (QED) is 0.908. The van der Waals surface area contributed by atoms with E-state index in [1.807, 2.05) is 45.1 Å². The summed E-state index contributed by atoms with van der Waals surface area (Å²) in [5.41, 5.74) is 8.27. The van der Waals surface area contributed by atoms with Gasteiger partial charge in [-0.05, 0) is 56.9 Å². The second-order valence-corrected chi connectivity index (χ2v) is 6.26. The van der Waals surface area contributed by atoms with Crippen molar-refractivity contribution in [3.63, 3.8) is 0 Å². The van der Waals surface area contributed by atoms with Crippen molar-refractivity contribution in [2.75, 3.05) is 18.0 Å². The standard InChI is InChI=1S/C17H24N2O2/c1-17(2,3)21-16(20)19-11-5-7-14-12-13(6-4-10-18)8-9-15(14)19/h4,6,8-9,12H,5,7,10-11,18H2,1-3H3/b6-4+. The van der Waals surface area contributed by atoms with Crippen molar-refractivity contribution in [3.05, 3.63) is 35.4 Å². The molecule has 21 heavy (non-hydrogen) atoms. The maximum Gasteiger partial charge on any atom is 0.414 e. The van der Waals surface area contributed by atoms with Crippen LogP contribution in [-0.2, 0) is 11.2 Å². The molecule has 4 heteroatoms. The van der Waals surface area contributed by atoms with Gasteiger partial charge in [0.05, 0.1) is 5.69 Å². The molecule has 4 nitrogen and oxygen atoms in total. The first-order valence-corrected chi connectivity index (χ1v) is 7.41. The van der Waals surface area contributed by atoms with Crippen LogP contribution < -0.4 is 10.6 Å². The molecular formula is C17H24N2O2. The van der Waals surface area contributed by atoms with E-state index in [9.17, 15) is 4.79 Å². The molecule has 0 aliphatic carbocycles. The molecule has 2 N–H and O–H groups in total. The monoisotopic (exact) mass is 288 g/mol. The summed E-state index contributed by atoms with van der Waals surface area (Å²) in [5, 5.41) is 0. The molecule has 0 aromatic heterocycles. The Bertz CT molecular complexity index is 544. The van der Waals surface area contributed by atoms with Crippen LogP contribution in [0, 0.1) is 0 Å². The molecule has 0 fully saturated rings. The third-order valence-electron chi connectivity index (χ3n) is 3.28. The van der Waals surface area contributed by atoms with Crippen molar-refractivity contribution in [2.45, 2.75) is 39.2 Å². The Kier molecular flexibility index (Phi) is 4.68. The fourth-order valence-electron chi connectivity index (χ4n) is 2.43. The number of nitrogens with two attached hydrogens (primary N) is 1. The minimum absolute atomic E-state index is 0.270. The Morgan fingerprint density at radius 3 is 2.86 bits per heavy atom. The first-order valence-electron chi connectivity index (χ1n) is 7.41. The van der Waals surface area contributed by atoms with Crippen molar-refractivity contribution in [2.24, 2.45) is 5.73 Å². The second kappa shape index (κ2) is 6.31. The molecule has 0 spiro atoms. The van der Waals surface area contributed by atoms with Crippen LogP contribution in [0.15, 0.2) is 24.3 Å². The van der Waals surface area contributed by atoms with Gasteiger partial charge in [0.2, 0.25) is 0 Å². The lowest BCUT2D eigenvalue weighted by atomic mass is 9.99. The molecule has 2 rings (SSSR count). The Morgan fingerprint density at radius 1 is 1.43 bits per heavy atom. The van der Waals surface area contributed by atoms with Crippen LogP contribution in [0.1, 0.15) is 38.3 Å². The van der Waals surface area contributed by atoms with Crippen LogP contribution in [0.25, 0.3) is 6.08 Å². The number of benzene rings is 1. The summed E-state index contributed by atoms with van der Waals surface area (Å²) >= 11 is 0. The number of amides is 1. The highest BCUT2D eigenvalue weighted by Crippen LogP contribution is 2.29. The second-order valence-electron chi connectivity index (χ2n) is 6.26. The van der Waals surface area contributed by atoms with Gasteiger partial charge in [-0.25, -0.2) is 4.79 Å². The lowest BCUT2D eigenvalue weighted by Crippen LogP contribution is -2.39. The van der Waals surface area contributed by atoms with E-state index in [0.29, 0.717) is 13.1 Å². The maximum atomic E-state index is 12.3. The Balaban J connectivity index is 2.23. The Hall–Kier alpha value is -1.81. The van der Waals surface area contributed by atoms with Crippen molar-refractivity contribution in [3.8, 4) is 0 Å². The number of aryl methyl sites for hydroxylation is 1. The number of hydrogen-bond donors (Lipinski definition) is 1. The molecule has 1 aliphatic heterocycles. The van der Waals surface area contributed by atoms with Crippen LogP contribution in [0.2, 0.25) is 0 Å². The third kappa shape index (κ3) is 4.08. The topological polar surface area (TPSA) is 55.6 Å². The highest BCUT2D eigenvalue weighted by atomic mass is 16.6. The average molecular weight is 288 g/mol. The predicted octanol–water partition coefficient (Wildman–Crippen LogP) is 3.35. The molecule has 0 atom stereocenters. The molecule has 1 amide bonds. The number of carbonyl (C=O) groups excluding carboxylic acids is 1. The van der Waals surface area contributed by atoms with E-state index in [1.165, 1.54) is 5.56 Å². The van der Waals surface area contributed by atoms with Crippen molar-refractivity contribution >= 4 is 17.9 Å². The van der Waals surface area contributed by atoms with Gasteiger partial charge in [0.25, 0.3) is 0 Å². The van der Waals surface area contributed by atoms with E-state index < -0.39 is 5.60 Å². The summed E-state index contributed by atoms with van der Waals surface area (Å²) in [6.45, 7) is 6.89. The molecule has 1 aromatic carbocycles. The zero-order valence-corrected chi connectivity index (χ0v) is 13.1. The fraction of sp³-hybridized carbons (Fsp3) is 0.471. The summed E-state index contributed by atoms with van der Waals surface area (Å²) in [6.07, 6.45) is 5.60. The van der Waals surface area contributed by atoms with Gasteiger partial charge < -0.3 is 10.5 Å². The van der Waals surface area contributed by atoms with Gasteiger partial charge in [0.1, 0.15) is 5.60 Å². The minimum atomic E-state index is -0.474. The molecule has 0 saturated heterocycles. The first-order chi connectivity index (χ1) is 9.90. The lowest BCUT2D eigenvalue weighted by molar-refractivity contribution is 0.0578. The maximum absolute atomic E-state index is 12.3. The number of rotatable bonds is 2. The van der Waals surface area contributed by atoms with Crippen LogP contribution in [-0.4, -0.2) is 24.8 Å². The van der Waals surface area contributed by atoms with E-state index in [0.717, 1.165) is 24.1 Å². The molecule has 114 valence electrons. The normalized spacial score (nSPS) is 15.1. The third-order valence-corrected chi connectivity index (χ3v) is 3.28. The van der Waals surface area contributed by atoms with Gasteiger partial charge >= 0.3 is 6.09 Å². The lowest BCUT2D eigenvalue weighted by Gasteiger charge is -2.31. The molecule has 1 aromatic rings. The first kappa shape index (κ1) is 15.6. The van der Waals surface area contributed by atoms with E-state index in [4.69, 9.17) is 10.5 Å². The SMILES string of the molecule is CC(C)(C)OC(=O)N1CCCc2cc(/C=C/CN)ccc21. The van der Waals surface area contributed by atoms with Crippen molar-refractivity contribution < 1.29 is 9.53 Å². The molecule has 0 radical (unpaired) electrons. The zero-order chi connectivity index (χ0) is 15.5. The van der Waals surface area contributed by atoms with Gasteiger partial charge in [0.15, 0.2) is 0 Å². The van der Waals surface area contributed by atoms with Crippen LogP contribution >= 0.6 is 0 Å². The van der Waals surface area contributed by atoms with Crippen molar-refractivity contribution in [1.82, 2.24) is 0 Å². The Labute approximate surface area is 126 Å². The number of anilines is 1. The Morgan fingerprint density at radius 2 is 2.19 bits per heavy atom. The van der Waals surface area contributed by atoms with E-state index >= 15 is 0 Å². The zero-order valence-electron chi connectivity index (χ0n) is 13.1. The van der Waals surface area contributed by atoms with Crippen LogP contribution in [0.5, 0.6) is 0 Å². The molecule has 1 heterocycles. The van der Waals surface area contributed by atoms with Gasteiger partial charge in [-0.15, -0.1) is 0 Å². The van der Waals surface area contributed by atoms with Crippen LogP contribution in [0.3, 0.4) is 0 Å². The number of ether oxygens (including phenoxy) is 1. The van der Waals surface area contributed by atoms with Gasteiger partial charge in [-0.2, -0.15) is 0 Å². The predicted molar refractivity (Wildman–Crippen MR) is 86.4 cm³/mol. The smallest absolute Gasteiger partial charge is 0.414 e. The molecular weight excluding hydrogens is 264 g/mol. The van der Waals surface area contributed by atoms with Gasteiger partial charge in [-0.3, -0.25) is 4.90 Å². The summed E-state index contributed by atoms with van der Waals surface area (Å²) in [5.74, 6) is 0. The number of fused-ring (bicyclic) bond motifs is 1. The minimum Gasteiger partial charge on any atom is -0.443 e. The van der Waals surface area contributed by atoms with Gasteiger partial charge in [-0.1, -0.05) is 18.2 Å². The van der Waals surface area contributed by atoms with Crippen LogP contribution in [0.4, 0.5) is 10.5 Å². The summed E-state index contributed by atoms with van der Waals surface area (Å²) < 4.78 is 5.49. The summed E-state index contributed by atoms with van der Waals surface area (Å²) in [7, 11) is 0. The van der Waals surface area contributed by atoms with Gasteiger partial charge in [0, 0.05) is 13.1 Å². The molecule has 0 bridgehead atoms. The molecule has 0 unspecified atom stereocenters. The molecule has 1 aliphatic rings.